The number of allylic oxidation sites excluding steroid dienone is 1. The average molecular weight is 389 g/mol. The minimum Gasteiger partial charge on any atom is -0.241 e. The molecule has 0 aliphatic rings. The summed E-state index contributed by atoms with van der Waals surface area (Å²) >= 11 is 3.50. The van der Waals surface area contributed by atoms with Gasteiger partial charge in [0.25, 0.3) is 10.0 Å². The fourth-order valence-electron chi connectivity index (χ4n) is 2.59. The first-order chi connectivity index (χ1) is 10.9. The van der Waals surface area contributed by atoms with Crippen LogP contribution in [-0.4, -0.2) is 12.4 Å². The maximum atomic E-state index is 13.0. The van der Waals surface area contributed by atoms with Crippen molar-refractivity contribution in [2.24, 2.45) is 0 Å². The van der Waals surface area contributed by atoms with Crippen LogP contribution in [0, 0.1) is 13.5 Å². The number of fused-ring (bicyclic) bond motifs is 1. The molecule has 3 aromatic rings. The first-order valence-electron chi connectivity index (χ1n) is 7.09. The standard InChI is InChI=1S/C18H15BrNO2S/c1-3-5-14-12-20(17-7-4-6-16(19)18(14)17)23(21,22)15-10-8-13(2)9-11-15/h1,3-4,6-12H,5H2,2H3. The van der Waals surface area contributed by atoms with Gasteiger partial charge in [-0.3, -0.25) is 0 Å². The van der Waals surface area contributed by atoms with E-state index in [1.165, 1.54) is 10.0 Å². The summed E-state index contributed by atoms with van der Waals surface area (Å²) in [6, 6.07) is 12.4. The molecule has 3 rings (SSSR count). The molecule has 3 nitrogen and oxygen atoms in total. The van der Waals surface area contributed by atoms with Gasteiger partial charge in [-0.1, -0.05) is 52.3 Å². The van der Waals surface area contributed by atoms with Crippen LogP contribution in [-0.2, 0) is 16.4 Å². The van der Waals surface area contributed by atoms with E-state index in [-0.39, 0.29) is 4.90 Å². The predicted molar refractivity (Wildman–Crippen MR) is 96.0 cm³/mol. The van der Waals surface area contributed by atoms with Crippen molar-refractivity contribution >= 4 is 36.9 Å². The Labute approximate surface area is 144 Å². The lowest BCUT2D eigenvalue weighted by atomic mass is 10.1. The van der Waals surface area contributed by atoms with Crippen LogP contribution < -0.4 is 0 Å². The van der Waals surface area contributed by atoms with E-state index in [4.69, 9.17) is 6.58 Å². The first-order valence-corrected chi connectivity index (χ1v) is 9.32. The first kappa shape index (κ1) is 16.0. The molecule has 2 aromatic carbocycles. The molecule has 0 N–H and O–H groups in total. The molecule has 0 aliphatic heterocycles. The number of rotatable bonds is 4. The van der Waals surface area contributed by atoms with Gasteiger partial charge in [-0.2, -0.15) is 0 Å². The van der Waals surface area contributed by atoms with Gasteiger partial charge < -0.3 is 0 Å². The fourth-order valence-corrected chi connectivity index (χ4v) is 4.59. The summed E-state index contributed by atoms with van der Waals surface area (Å²) in [5, 5.41) is 0.866. The van der Waals surface area contributed by atoms with Crippen molar-refractivity contribution in [3.63, 3.8) is 0 Å². The van der Waals surface area contributed by atoms with Gasteiger partial charge in [-0.25, -0.2) is 12.4 Å². The third-order valence-corrected chi connectivity index (χ3v) is 6.09. The Morgan fingerprint density at radius 1 is 1.17 bits per heavy atom. The van der Waals surface area contributed by atoms with Crippen LogP contribution in [0.3, 0.4) is 0 Å². The third kappa shape index (κ3) is 2.75. The van der Waals surface area contributed by atoms with E-state index >= 15 is 0 Å². The summed E-state index contributed by atoms with van der Waals surface area (Å²) in [7, 11) is -3.66. The summed E-state index contributed by atoms with van der Waals surface area (Å²) in [4.78, 5) is 0.267. The van der Waals surface area contributed by atoms with Gasteiger partial charge in [0.15, 0.2) is 0 Å². The van der Waals surface area contributed by atoms with Gasteiger partial charge in [-0.05, 0) is 43.2 Å². The van der Waals surface area contributed by atoms with Gasteiger partial charge in [0, 0.05) is 16.1 Å². The summed E-state index contributed by atoms with van der Waals surface area (Å²) < 4.78 is 28.2. The highest BCUT2D eigenvalue weighted by molar-refractivity contribution is 9.10. The van der Waals surface area contributed by atoms with Crippen LogP contribution in [0.15, 0.2) is 64.1 Å². The van der Waals surface area contributed by atoms with Gasteiger partial charge in [0.1, 0.15) is 0 Å². The van der Waals surface area contributed by atoms with Crippen molar-refractivity contribution in [3.05, 3.63) is 76.9 Å². The Balaban J connectivity index is 2.29. The Kier molecular flexibility index (Phi) is 4.17. The minimum absolute atomic E-state index is 0.267. The average Bonchev–Trinajstić information content (AvgIpc) is 2.89. The quantitative estimate of drug-likeness (QED) is 0.660. The monoisotopic (exact) mass is 388 g/mol. The van der Waals surface area contributed by atoms with Gasteiger partial charge in [0.2, 0.25) is 0 Å². The third-order valence-electron chi connectivity index (χ3n) is 3.74. The molecule has 0 saturated carbocycles. The second-order valence-electron chi connectivity index (χ2n) is 5.34. The second kappa shape index (κ2) is 5.98. The van der Waals surface area contributed by atoms with E-state index in [0.29, 0.717) is 11.9 Å². The van der Waals surface area contributed by atoms with Crippen molar-refractivity contribution in [3.8, 4) is 0 Å². The molecule has 0 saturated heterocycles. The molecule has 0 fully saturated rings. The molecule has 0 spiro atoms. The largest absolute Gasteiger partial charge is 0.268 e. The molecule has 0 bridgehead atoms. The molecule has 1 radical (unpaired) electrons. The molecule has 1 heterocycles. The van der Waals surface area contributed by atoms with Crippen LogP contribution in [0.4, 0.5) is 0 Å². The number of halogens is 1. The van der Waals surface area contributed by atoms with Crippen molar-refractivity contribution < 1.29 is 8.42 Å². The second-order valence-corrected chi connectivity index (χ2v) is 8.01. The van der Waals surface area contributed by atoms with E-state index in [2.05, 4.69) is 15.9 Å². The summed E-state index contributed by atoms with van der Waals surface area (Å²) in [6.45, 7) is 7.47. The summed E-state index contributed by atoms with van der Waals surface area (Å²) in [6.07, 6.45) is 3.67. The Morgan fingerprint density at radius 2 is 1.87 bits per heavy atom. The lowest BCUT2D eigenvalue weighted by Gasteiger charge is -2.08. The molecular weight excluding hydrogens is 374 g/mol. The minimum atomic E-state index is -3.66. The van der Waals surface area contributed by atoms with E-state index in [0.717, 1.165) is 21.0 Å². The molecule has 0 amide bonds. The van der Waals surface area contributed by atoms with Crippen LogP contribution in [0.5, 0.6) is 0 Å². The van der Waals surface area contributed by atoms with Crippen molar-refractivity contribution in [2.45, 2.75) is 18.2 Å². The lowest BCUT2D eigenvalue weighted by Crippen LogP contribution is -2.11. The van der Waals surface area contributed by atoms with Crippen molar-refractivity contribution in [2.75, 3.05) is 0 Å². The molecule has 23 heavy (non-hydrogen) atoms. The van der Waals surface area contributed by atoms with Crippen molar-refractivity contribution in [1.82, 2.24) is 3.97 Å². The molecule has 117 valence electrons. The van der Waals surface area contributed by atoms with Gasteiger partial charge in [0.05, 0.1) is 10.4 Å². The number of benzene rings is 2. The Hall–Kier alpha value is -1.85. The number of aromatic nitrogens is 1. The molecule has 0 unspecified atom stereocenters. The number of nitrogens with zero attached hydrogens (tertiary/aromatic N) is 1. The molecule has 0 atom stereocenters. The highest BCUT2D eigenvalue weighted by Gasteiger charge is 2.21. The SMILES string of the molecule is [CH]=CCc1cn(S(=O)(=O)c2ccc(C)cc2)c2cccc(Br)c12. The van der Waals surface area contributed by atoms with E-state index in [1.54, 1.807) is 36.5 Å². The van der Waals surface area contributed by atoms with Gasteiger partial charge >= 0.3 is 0 Å². The molecule has 0 aliphatic carbocycles. The zero-order chi connectivity index (χ0) is 16.6. The predicted octanol–water partition coefficient (Wildman–Crippen LogP) is 4.48. The van der Waals surface area contributed by atoms with Crippen LogP contribution in [0.25, 0.3) is 10.9 Å². The topological polar surface area (TPSA) is 39.1 Å². The van der Waals surface area contributed by atoms with Gasteiger partial charge in [-0.15, -0.1) is 0 Å². The highest BCUT2D eigenvalue weighted by atomic mass is 79.9. The lowest BCUT2D eigenvalue weighted by molar-refractivity contribution is 0.589. The van der Waals surface area contributed by atoms with E-state index in [9.17, 15) is 8.42 Å². The number of aryl methyl sites for hydroxylation is 1. The Morgan fingerprint density at radius 3 is 2.52 bits per heavy atom. The normalized spacial score (nSPS) is 11.7. The van der Waals surface area contributed by atoms with E-state index < -0.39 is 10.0 Å². The maximum Gasteiger partial charge on any atom is 0.268 e. The molecule has 5 heteroatoms. The zero-order valence-electron chi connectivity index (χ0n) is 12.5. The number of hydrogen-bond donors (Lipinski definition) is 0. The highest BCUT2D eigenvalue weighted by Crippen LogP contribution is 2.32. The summed E-state index contributed by atoms with van der Waals surface area (Å²) in [5.41, 5.74) is 2.52. The Bertz CT molecular complexity index is 986. The maximum absolute atomic E-state index is 13.0. The zero-order valence-corrected chi connectivity index (χ0v) is 14.9. The van der Waals surface area contributed by atoms with Crippen LogP contribution in [0.1, 0.15) is 11.1 Å². The summed E-state index contributed by atoms with van der Waals surface area (Å²) in [5.74, 6) is 0. The molecular formula is C18H15BrNO2S. The number of hydrogen-bond acceptors (Lipinski definition) is 2. The van der Waals surface area contributed by atoms with Crippen molar-refractivity contribution in [1.29, 1.82) is 0 Å². The van der Waals surface area contributed by atoms with Crippen LogP contribution >= 0.6 is 15.9 Å². The molecule has 1 aromatic heterocycles. The fraction of sp³-hybridized carbons (Fsp3) is 0.111. The van der Waals surface area contributed by atoms with Crippen LogP contribution in [0.2, 0.25) is 0 Å². The smallest absolute Gasteiger partial charge is 0.241 e. The van der Waals surface area contributed by atoms with E-state index in [1.807, 2.05) is 19.1 Å².